The van der Waals surface area contributed by atoms with Crippen molar-refractivity contribution >= 4 is 21.7 Å². The van der Waals surface area contributed by atoms with Gasteiger partial charge in [-0.05, 0) is 38.1 Å². The van der Waals surface area contributed by atoms with E-state index in [4.69, 9.17) is 0 Å². The Morgan fingerprint density at radius 3 is 2.06 bits per heavy atom. The lowest BCUT2D eigenvalue weighted by atomic mass is 10.2. The van der Waals surface area contributed by atoms with E-state index in [9.17, 15) is 13.2 Å². The summed E-state index contributed by atoms with van der Waals surface area (Å²) in [6, 6.07) is 6.08. The summed E-state index contributed by atoms with van der Waals surface area (Å²) < 4.78 is 29.2. The Hall–Kier alpha value is -1.56. The summed E-state index contributed by atoms with van der Waals surface area (Å²) in [5.41, 5.74) is 0.915. The van der Waals surface area contributed by atoms with E-state index in [1.54, 1.807) is 38.1 Å². The zero-order valence-corrected chi connectivity index (χ0v) is 11.7. The molecule has 5 nitrogen and oxygen atoms in total. The Bertz CT molecular complexity index is 520. The maximum Gasteiger partial charge on any atom is 0.337 e. The molecule has 0 aliphatic heterocycles. The molecular formula is C12H17NO4S. The first-order valence-electron chi connectivity index (χ1n) is 5.45. The van der Waals surface area contributed by atoms with Crippen LogP contribution < -0.4 is 4.31 Å². The molecule has 0 spiro atoms. The third kappa shape index (κ3) is 3.22. The van der Waals surface area contributed by atoms with Crippen LogP contribution in [-0.4, -0.2) is 33.8 Å². The van der Waals surface area contributed by atoms with Crippen LogP contribution in [0.25, 0.3) is 0 Å². The maximum absolute atomic E-state index is 11.7. The van der Waals surface area contributed by atoms with Gasteiger partial charge in [0.1, 0.15) is 0 Å². The summed E-state index contributed by atoms with van der Waals surface area (Å²) in [5, 5.41) is 0. The number of carbonyl (C=O) groups excluding carboxylic acids is 1. The van der Waals surface area contributed by atoms with E-state index in [0.717, 1.165) is 6.26 Å². The number of ether oxygens (including phenoxy) is 1. The topological polar surface area (TPSA) is 63.7 Å². The zero-order valence-electron chi connectivity index (χ0n) is 10.9. The van der Waals surface area contributed by atoms with Crippen LogP contribution in [0.3, 0.4) is 0 Å². The Labute approximate surface area is 107 Å². The van der Waals surface area contributed by atoms with Gasteiger partial charge in [-0.1, -0.05) is 0 Å². The number of carbonyl (C=O) groups is 1. The lowest BCUT2D eigenvalue weighted by Crippen LogP contribution is -2.36. The summed E-state index contributed by atoms with van der Waals surface area (Å²) in [5.74, 6) is -0.447. The second-order valence-corrected chi connectivity index (χ2v) is 6.05. The Morgan fingerprint density at radius 1 is 1.22 bits per heavy atom. The molecule has 0 N–H and O–H groups in total. The molecule has 0 radical (unpaired) electrons. The lowest BCUT2D eigenvalue weighted by molar-refractivity contribution is 0.0601. The van der Waals surface area contributed by atoms with Gasteiger partial charge in [-0.15, -0.1) is 0 Å². The molecule has 1 aromatic carbocycles. The van der Waals surface area contributed by atoms with E-state index in [1.165, 1.54) is 11.4 Å². The Balaban J connectivity index is 3.14. The van der Waals surface area contributed by atoms with Crippen molar-refractivity contribution < 1.29 is 17.9 Å². The van der Waals surface area contributed by atoms with Crippen molar-refractivity contribution in [3.63, 3.8) is 0 Å². The number of esters is 1. The Morgan fingerprint density at radius 2 is 1.72 bits per heavy atom. The smallest absolute Gasteiger partial charge is 0.337 e. The molecule has 6 heteroatoms. The van der Waals surface area contributed by atoms with Crippen molar-refractivity contribution in [3.05, 3.63) is 29.8 Å². The van der Waals surface area contributed by atoms with Gasteiger partial charge in [0.15, 0.2) is 0 Å². The molecule has 0 saturated heterocycles. The van der Waals surface area contributed by atoms with Crippen LogP contribution in [0.5, 0.6) is 0 Å². The molecule has 0 aliphatic rings. The van der Waals surface area contributed by atoms with Crippen LogP contribution in [0.1, 0.15) is 24.2 Å². The van der Waals surface area contributed by atoms with E-state index in [-0.39, 0.29) is 6.04 Å². The van der Waals surface area contributed by atoms with Crippen molar-refractivity contribution in [1.29, 1.82) is 0 Å². The first-order chi connectivity index (χ1) is 8.27. The summed E-state index contributed by atoms with van der Waals surface area (Å²) in [4.78, 5) is 11.3. The summed E-state index contributed by atoms with van der Waals surface area (Å²) in [6.45, 7) is 3.57. The van der Waals surface area contributed by atoms with E-state index < -0.39 is 16.0 Å². The first-order valence-corrected chi connectivity index (χ1v) is 7.30. The van der Waals surface area contributed by atoms with Crippen molar-refractivity contribution in [3.8, 4) is 0 Å². The number of methoxy groups -OCH3 is 1. The molecule has 100 valence electrons. The number of anilines is 1. The average molecular weight is 271 g/mol. The fourth-order valence-corrected chi connectivity index (χ4v) is 3.01. The molecule has 0 bridgehead atoms. The van der Waals surface area contributed by atoms with E-state index in [0.29, 0.717) is 11.3 Å². The lowest BCUT2D eigenvalue weighted by Gasteiger charge is -2.26. The molecule has 0 aliphatic carbocycles. The predicted molar refractivity (Wildman–Crippen MR) is 70.2 cm³/mol. The molecule has 0 unspecified atom stereocenters. The predicted octanol–water partition coefficient (Wildman–Crippen LogP) is 1.65. The van der Waals surface area contributed by atoms with Crippen LogP contribution in [0.4, 0.5) is 5.69 Å². The molecule has 0 aromatic heterocycles. The van der Waals surface area contributed by atoms with E-state index in [1.807, 2.05) is 0 Å². The number of rotatable bonds is 4. The van der Waals surface area contributed by atoms with Crippen molar-refractivity contribution in [2.45, 2.75) is 19.9 Å². The van der Waals surface area contributed by atoms with Gasteiger partial charge >= 0.3 is 5.97 Å². The highest BCUT2D eigenvalue weighted by atomic mass is 32.2. The van der Waals surface area contributed by atoms with Crippen LogP contribution in [0.15, 0.2) is 24.3 Å². The number of sulfonamides is 1. The second-order valence-electron chi connectivity index (χ2n) is 4.19. The standard InChI is InChI=1S/C12H17NO4S/c1-9(2)13(18(4,15)16)11-7-5-10(6-8-11)12(14)17-3/h5-9H,1-4H3. The minimum atomic E-state index is -3.34. The van der Waals surface area contributed by atoms with Gasteiger partial charge in [0.2, 0.25) is 10.0 Å². The van der Waals surface area contributed by atoms with Crippen LogP contribution in [0, 0.1) is 0 Å². The Kier molecular flexibility index (Phi) is 4.34. The highest BCUT2D eigenvalue weighted by Crippen LogP contribution is 2.21. The molecule has 18 heavy (non-hydrogen) atoms. The van der Waals surface area contributed by atoms with Gasteiger partial charge in [-0.3, -0.25) is 4.31 Å². The second kappa shape index (κ2) is 5.39. The largest absolute Gasteiger partial charge is 0.465 e. The molecule has 1 aromatic rings. The quantitative estimate of drug-likeness (QED) is 0.781. The van der Waals surface area contributed by atoms with Crippen molar-refractivity contribution in [2.75, 3.05) is 17.7 Å². The SMILES string of the molecule is COC(=O)c1ccc(N(C(C)C)S(C)(=O)=O)cc1. The number of nitrogens with zero attached hydrogens (tertiary/aromatic N) is 1. The fourth-order valence-electron chi connectivity index (χ4n) is 1.73. The van der Waals surface area contributed by atoms with Gasteiger partial charge < -0.3 is 4.74 Å². The monoisotopic (exact) mass is 271 g/mol. The molecule has 0 atom stereocenters. The maximum atomic E-state index is 11.7. The van der Waals surface area contributed by atoms with Gasteiger partial charge in [-0.2, -0.15) is 0 Å². The van der Waals surface area contributed by atoms with Crippen LogP contribution in [0.2, 0.25) is 0 Å². The number of hydrogen-bond donors (Lipinski definition) is 0. The summed E-state index contributed by atoms with van der Waals surface area (Å²) in [6.07, 6.45) is 1.15. The normalized spacial score (nSPS) is 11.4. The van der Waals surface area contributed by atoms with E-state index in [2.05, 4.69) is 4.74 Å². The van der Waals surface area contributed by atoms with Gasteiger partial charge in [0.25, 0.3) is 0 Å². The molecular weight excluding hydrogens is 254 g/mol. The average Bonchev–Trinajstić information content (AvgIpc) is 2.26. The van der Waals surface area contributed by atoms with Gasteiger partial charge in [0, 0.05) is 6.04 Å². The van der Waals surface area contributed by atoms with Gasteiger partial charge in [-0.25, -0.2) is 13.2 Å². The molecule has 0 heterocycles. The molecule has 1 rings (SSSR count). The fraction of sp³-hybridized carbons (Fsp3) is 0.417. The third-order valence-electron chi connectivity index (χ3n) is 2.37. The van der Waals surface area contributed by atoms with Crippen molar-refractivity contribution in [2.24, 2.45) is 0 Å². The van der Waals surface area contributed by atoms with Crippen LogP contribution in [-0.2, 0) is 14.8 Å². The molecule has 0 amide bonds. The number of hydrogen-bond acceptors (Lipinski definition) is 4. The first kappa shape index (κ1) is 14.5. The third-order valence-corrected chi connectivity index (χ3v) is 3.72. The van der Waals surface area contributed by atoms with Crippen LogP contribution >= 0.6 is 0 Å². The van der Waals surface area contributed by atoms with E-state index >= 15 is 0 Å². The number of benzene rings is 1. The highest BCUT2D eigenvalue weighted by molar-refractivity contribution is 7.92. The zero-order chi connectivity index (χ0) is 13.9. The minimum Gasteiger partial charge on any atom is -0.465 e. The molecule has 0 saturated carbocycles. The molecule has 0 fully saturated rings. The van der Waals surface area contributed by atoms with Gasteiger partial charge in [0.05, 0.1) is 24.6 Å². The highest BCUT2D eigenvalue weighted by Gasteiger charge is 2.20. The summed E-state index contributed by atoms with van der Waals surface area (Å²) in [7, 11) is -2.04. The minimum absolute atomic E-state index is 0.191. The summed E-state index contributed by atoms with van der Waals surface area (Å²) >= 11 is 0. The van der Waals surface area contributed by atoms with Crippen molar-refractivity contribution in [1.82, 2.24) is 0 Å².